The Morgan fingerprint density at radius 2 is 2.20 bits per heavy atom. The first-order chi connectivity index (χ1) is 7.27. The molecule has 0 N–H and O–H groups in total. The van der Waals surface area contributed by atoms with Gasteiger partial charge in [0.15, 0.2) is 11.5 Å². The van der Waals surface area contributed by atoms with Gasteiger partial charge in [-0.25, -0.2) is 0 Å². The molecule has 0 aromatic heterocycles. The van der Waals surface area contributed by atoms with E-state index in [-0.39, 0.29) is 12.6 Å². The van der Waals surface area contributed by atoms with Crippen molar-refractivity contribution in [3.05, 3.63) is 23.8 Å². The van der Waals surface area contributed by atoms with Crippen molar-refractivity contribution in [2.75, 3.05) is 13.2 Å². The Balaban J connectivity index is 2.19. The maximum absolute atomic E-state index is 10.7. The van der Waals surface area contributed by atoms with Gasteiger partial charge in [-0.05, 0) is 6.07 Å². The molecule has 0 bridgehead atoms. The van der Waals surface area contributed by atoms with Gasteiger partial charge in [0.2, 0.25) is 0 Å². The van der Waals surface area contributed by atoms with E-state index in [1.807, 2.05) is 18.2 Å². The van der Waals surface area contributed by atoms with E-state index in [4.69, 9.17) is 14.2 Å². The zero-order chi connectivity index (χ0) is 10.7. The average molecular weight is 208 g/mol. The minimum absolute atomic E-state index is 0.224. The molecule has 1 aliphatic heterocycles. The van der Waals surface area contributed by atoms with Crippen LogP contribution in [0.3, 0.4) is 0 Å². The van der Waals surface area contributed by atoms with Crippen molar-refractivity contribution in [2.45, 2.75) is 13.5 Å². The van der Waals surface area contributed by atoms with Crippen LogP contribution in [0.25, 0.3) is 0 Å². The predicted octanol–water partition coefficient (Wildman–Crippen LogP) is 1.52. The molecule has 0 amide bonds. The second-order valence-corrected chi connectivity index (χ2v) is 3.22. The van der Waals surface area contributed by atoms with Gasteiger partial charge in [0.25, 0.3) is 0 Å². The van der Waals surface area contributed by atoms with E-state index in [1.165, 1.54) is 6.92 Å². The Labute approximate surface area is 87.8 Å². The van der Waals surface area contributed by atoms with Gasteiger partial charge in [0.1, 0.15) is 19.8 Å². The number of benzene rings is 1. The van der Waals surface area contributed by atoms with Crippen LogP contribution in [0, 0.1) is 0 Å². The smallest absolute Gasteiger partial charge is 0.302 e. The molecule has 0 radical (unpaired) electrons. The summed E-state index contributed by atoms with van der Waals surface area (Å²) in [4.78, 5) is 10.7. The summed E-state index contributed by atoms with van der Waals surface area (Å²) in [5, 5.41) is 0. The third-order valence-electron chi connectivity index (χ3n) is 2.08. The van der Waals surface area contributed by atoms with Gasteiger partial charge >= 0.3 is 5.97 Å². The van der Waals surface area contributed by atoms with Crippen LogP contribution in [0.2, 0.25) is 0 Å². The molecule has 1 aliphatic rings. The Hall–Kier alpha value is -1.71. The maximum Gasteiger partial charge on any atom is 0.302 e. The van der Waals surface area contributed by atoms with Crippen LogP contribution in [0.5, 0.6) is 11.5 Å². The van der Waals surface area contributed by atoms with Gasteiger partial charge in [0, 0.05) is 12.5 Å². The van der Waals surface area contributed by atoms with E-state index in [0.29, 0.717) is 24.7 Å². The molecule has 0 saturated heterocycles. The van der Waals surface area contributed by atoms with Gasteiger partial charge in [-0.15, -0.1) is 0 Å². The van der Waals surface area contributed by atoms with E-state index in [2.05, 4.69) is 0 Å². The van der Waals surface area contributed by atoms with Crippen molar-refractivity contribution in [2.24, 2.45) is 0 Å². The summed E-state index contributed by atoms with van der Waals surface area (Å²) in [5.41, 5.74) is 0.836. The van der Waals surface area contributed by atoms with E-state index >= 15 is 0 Å². The topological polar surface area (TPSA) is 44.8 Å². The number of fused-ring (bicyclic) bond motifs is 1. The summed E-state index contributed by atoms with van der Waals surface area (Å²) < 4.78 is 15.8. The Bertz CT molecular complexity index is 373. The minimum Gasteiger partial charge on any atom is -0.486 e. The molecule has 1 aromatic carbocycles. The Morgan fingerprint density at radius 3 is 3.00 bits per heavy atom. The number of hydrogen-bond donors (Lipinski definition) is 0. The molecule has 0 aliphatic carbocycles. The fraction of sp³-hybridized carbons (Fsp3) is 0.364. The molecular weight excluding hydrogens is 196 g/mol. The zero-order valence-corrected chi connectivity index (χ0v) is 8.49. The number of hydrogen-bond acceptors (Lipinski definition) is 4. The molecule has 0 saturated carbocycles. The van der Waals surface area contributed by atoms with Crippen molar-refractivity contribution in [3.8, 4) is 11.5 Å². The summed E-state index contributed by atoms with van der Waals surface area (Å²) >= 11 is 0. The largest absolute Gasteiger partial charge is 0.486 e. The highest BCUT2D eigenvalue weighted by Gasteiger charge is 2.15. The number of ether oxygens (including phenoxy) is 3. The van der Waals surface area contributed by atoms with Gasteiger partial charge in [-0.3, -0.25) is 4.79 Å². The SMILES string of the molecule is CC(=O)OCc1cccc2c1OCCO2. The van der Waals surface area contributed by atoms with Gasteiger partial charge in [-0.1, -0.05) is 12.1 Å². The molecule has 4 heteroatoms. The lowest BCUT2D eigenvalue weighted by Crippen LogP contribution is -2.16. The second kappa shape index (κ2) is 4.21. The number of rotatable bonds is 2. The second-order valence-electron chi connectivity index (χ2n) is 3.22. The fourth-order valence-corrected chi connectivity index (χ4v) is 1.43. The first-order valence-electron chi connectivity index (χ1n) is 4.78. The maximum atomic E-state index is 10.7. The monoisotopic (exact) mass is 208 g/mol. The highest BCUT2D eigenvalue weighted by molar-refractivity contribution is 5.66. The molecule has 1 aromatic rings. The van der Waals surface area contributed by atoms with E-state index in [0.717, 1.165) is 5.56 Å². The molecule has 2 rings (SSSR count). The Morgan fingerprint density at radius 1 is 1.40 bits per heavy atom. The standard InChI is InChI=1S/C11H12O4/c1-8(12)15-7-9-3-2-4-10-11(9)14-6-5-13-10/h2-4H,5-7H2,1H3. The molecule has 15 heavy (non-hydrogen) atoms. The summed E-state index contributed by atoms with van der Waals surface area (Å²) in [6.45, 7) is 2.70. The lowest BCUT2D eigenvalue weighted by molar-refractivity contribution is -0.142. The lowest BCUT2D eigenvalue weighted by Gasteiger charge is -2.20. The van der Waals surface area contributed by atoms with E-state index in [1.54, 1.807) is 0 Å². The number of carbonyl (C=O) groups excluding carboxylic acids is 1. The van der Waals surface area contributed by atoms with E-state index < -0.39 is 0 Å². The van der Waals surface area contributed by atoms with Crippen molar-refractivity contribution < 1.29 is 19.0 Å². The number of para-hydroxylation sites is 1. The molecular formula is C11H12O4. The van der Waals surface area contributed by atoms with Crippen LogP contribution < -0.4 is 9.47 Å². The third kappa shape index (κ3) is 2.21. The average Bonchev–Trinajstić information content (AvgIpc) is 2.26. The first-order valence-corrected chi connectivity index (χ1v) is 4.78. The van der Waals surface area contributed by atoms with Crippen molar-refractivity contribution >= 4 is 5.97 Å². The van der Waals surface area contributed by atoms with Crippen molar-refractivity contribution in [1.29, 1.82) is 0 Å². The minimum atomic E-state index is -0.302. The highest BCUT2D eigenvalue weighted by atomic mass is 16.6. The molecule has 1 heterocycles. The fourth-order valence-electron chi connectivity index (χ4n) is 1.43. The molecule has 0 spiro atoms. The van der Waals surface area contributed by atoms with Crippen LogP contribution >= 0.6 is 0 Å². The first kappa shape index (κ1) is 9.83. The molecule has 0 unspecified atom stereocenters. The molecule has 80 valence electrons. The van der Waals surface area contributed by atoms with Crippen LogP contribution in [0.4, 0.5) is 0 Å². The van der Waals surface area contributed by atoms with Gasteiger partial charge in [-0.2, -0.15) is 0 Å². The highest BCUT2D eigenvalue weighted by Crippen LogP contribution is 2.33. The van der Waals surface area contributed by atoms with Crippen LogP contribution in [0.15, 0.2) is 18.2 Å². The summed E-state index contributed by atoms with van der Waals surface area (Å²) in [6.07, 6.45) is 0. The van der Waals surface area contributed by atoms with Crippen LogP contribution in [0.1, 0.15) is 12.5 Å². The summed E-state index contributed by atoms with van der Waals surface area (Å²) in [5.74, 6) is 1.10. The van der Waals surface area contributed by atoms with Crippen molar-refractivity contribution in [3.63, 3.8) is 0 Å². The van der Waals surface area contributed by atoms with Gasteiger partial charge < -0.3 is 14.2 Å². The zero-order valence-electron chi connectivity index (χ0n) is 8.49. The van der Waals surface area contributed by atoms with E-state index in [9.17, 15) is 4.79 Å². The Kier molecular flexibility index (Phi) is 2.76. The third-order valence-corrected chi connectivity index (χ3v) is 2.08. The molecule has 0 fully saturated rings. The molecule has 4 nitrogen and oxygen atoms in total. The van der Waals surface area contributed by atoms with Crippen molar-refractivity contribution in [1.82, 2.24) is 0 Å². The number of esters is 1. The summed E-state index contributed by atoms with van der Waals surface area (Å²) in [7, 11) is 0. The predicted molar refractivity (Wildman–Crippen MR) is 52.9 cm³/mol. The normalized spacial score (nSPS) is 13.4. The molecule has 0 atom stereocenters. The van der Waals surface area contributed by atoms with Crippen LogP contribution in [-0.4, -0.2) is 19.2 Å². The lowest BCUT2D eigenvalue weighted by atomic mass is 10.2. The summed E-state index contributed by atoms with van der Waals surface area (Å²) in [6, 6.07) is 5.55. The van der Waals surface area contributed by atoms with Crippen LogP contribution in [-0.2, 0) is 16.1 Å². The number of carbonyl (C=O) groups is 1. The van der Waals surface area contributed by atoms with Gasteiger partial charge in [0.05, 0.1) is 0 Å². The quantitative estimate of drug-likeness (QED) is 0.691.